The van der Waals surface area contributed by atoms with E-state index in [1.165, 1.54) is 0 Å². The minimum absolute atomic E-state index is 0.0258. The predicted molar refractivity (Wildman–Crippen MR) is 106 cm³/mol. The molecule has 0 saturated carbocycles. The fraction of sp³-hybridized carbons (Fsp3) is 0.190. The first-order valence-corrected chi connectivity index (χ1v) is 8.84. The number of benzene rings is 2. The molecule has 0 saturated heterocycles. The first kappa shape index (κ1) is 19.1. The van der Waals surface area contributed by atoms with Gasteiger partial charge in [-0.05, 0) is 37.6 Å². The lowest BCUT2D eigenvalue weighted by Gasteiger charge is -2.07. The molecule has 1 amide bonds. The van der Waals surface area contributed by atoms with Crippen molar-refractivity contribution in [3.8, 4) is 17.6 Å². The number of hydrogen-bond donors (Lipinski definition) is 3. The Morgan fingerprint density at radius 1 is 1.25 bits per heavy atom. The number of nitrogens with one attached hydrogen (secondary N) is 1. The minimum atomic E-state index is -0.313. The molecule has 7 nitrogen and oxygen atoms in total. The normalized spacial score (nSPS) is 11.4. The van der Waals surface area contributed by atoms with Crippen LogP contribution in [0.15, 0.2) is 53.6 Å². The van der Waals surface area contributed by atoms with Crippen molar-refractivity contribution < 1.29 is 15.0 Å². The zero-order valence-corrected chi connectivity index (χ0v) is 15.4. The summed E-state index contributed by atoms with van der Waals surface area (Å²) in [7, 11) is 0. The van der Waals surface area contributed by atoms with Gasteiger partial charge in [-0.3, -0.25) is 9.36 Å². The first-order chi connectivity index (χ1) is 13.6. The van der Waals surface area contributed by atoms with E-state index >= 15 is 0 Å². The van der Waals surface area contributed by atoms with E-state index in [1.54, 1.807) is 29.7 Å². The van der Waals surface area contributed by atoms with Gasteiger partial charge in [-0.25, -0.2) is 5.43 Å². The summed E-state index contributed by atoms with van der Waals surface area (Å²) in [6.45, 7) is 1.62. The number of amides is 1. The average Bonchev–Trinajstić information content (AvgIpc) is 3.01. The van der Waals surface area contributed by atoms with Gasteiger partial charge in [-0.1, -0.05) is 24.3 Å². The average molecular weight is 376 g/mol. The van der Waals surface area contributed by atoms with Gasteiger partial charge in [0.15, 0.2) is 0 Å². The quantitative estimate of drug-likeness (QED) is 0.454. The lowest BCUT2D eigenvalue weighted by Crippen LogP contribution is -2.19. The lowest BCUT2D eigenvalue weighted by molar-refractivity contribution is -0.121. The lowest BCUT2D eigenvalue weighted by atomic mass is 10.1. The molecule has 1 heterocycles. The standard InChI is InChI=1S/C21H20N4O3/c1-14(23-24-19(27)8-5-11-26)20-17-10-9-15(13-22)12-18(17)25(21(20)28)16-6-3-2-4-7-16/h2-4,6-7,9-10,12,26,28H,5,8,11H2,1H3,(H,24,27)/b23-14+. The second-order valence-corrected chi connectivity index (χ2v) is 6.27. The first-order valence-electron chi connectivity index (χ1n) is 8.84. The number of para-hydroxylation sites is 1. The van der Waals surface area contributed by atoms with Crippen LogP contribution in [0.1, 0.15) is 30.9 Å². The van der Waals surface area contributed by atoms with Crippen molar-refractivity contribution >= 4 is 22.5 Å². The summed E-state index contributed by atoms with van der Waals surface area (Å²) >= 11 is 0. The van der Waals surface area contributed by atoms with Crippen molar-refractivity contribution in [1.29, 1.82) is 5.26 Å². The molecule has 0 spiro atoms. The summed E-state index contributed by atoms with van der Waals surface area (Å²) in [5, 5.41) is 33.8. The highest BCUT2D eigenvalue weighted by molar-refractivity contribution is 6.13. The monoisotopic (exact) mass is 376 g/mol. The van der Waals surface area contributed by atoms with Gasteiger partial charge in [-0.2, -0.15) is 10.4 Å². The van der Waals surface area contributed by atoms with E-state index in [2.05, 4.69) is 16.6 Å². The van der Waals surface area contributed by atoms with Gasteiger partial charge in [0, 0.05) is 24.1 Å². The number of carbonyl (C=O) groups is 1. The van der Waals surface area contributed by atoms with Crippen LogP contribution in [0.2, 0.25) is 0 Å². The smallest absolute Gasteiger partial charge is 0.240 e. The Labute approximate surface area is 162 Å². The molecule has 1 aromatic heterocycles. The molecule has 7 heteroatoms. The molecule has 3 N–H and O–H groups in total. The zero-order chi connectivity index (χ0) is 20.1. The van der Waals surface area contributed by atoms with Gasteiger partial charge in [0.2, 0.25) is 11.8 Å². The topological polar surface area (TPSA) is 111 Å². The number of hydrogen-bond acceptors (Lipinski definition) is 5. The summed E-state index contributed by atoms with van der Waals surface area (Å²) in [6.07, 6.45) is 0.520. The maximum Gasteiger partial charge on any atom is 0.240 e. The third-order valence-corrected chi connectivity index (χ3v) is 4.36. The van der Waals surface area contributed by atoms with Gasteiger partial charge in [0.1, 0.15) is 0 Å². The molecule has 0 aliphatic heterocycles. The highest BCUT2D eigenvalue weighted by Crippen LogP contribution is 2.35. The summed E-state index contributed by atoms with van der Waals surface area (Å²) in [4.78, 5) is 11.8. The number of aliphatic hydroxyl groups excluding tert-OH is 1. The van der Waals surface area contributed by atoms with Crippen LogP contribution in [0.4, 0.5) is 0 Å². The molecule has 0 atom stereocenters. The molecule has 0 aliphatic carbocycles. The molecule has 0 unspecified atom stereocenters. The third-order valence-electron chi connectivity index (χ3n) is 4.36. The molecule has 3 rings (SSSR count). The van der Waals surface area contributed by atoms with Gasteiger partial charge in [0.05, 0.1) is 28.4 Å². The van der Waals surface area contributed by atoms with Gasteiger partial charge >= 0.3 is 0 Å². The van der Waals surface area contributed by atoms with E-state index in [4.69, 9.17) is 5.11 Å². The van der Waals surface area contributed by atoms with Crippen molar-refractivity contribution in [3.63, 3.8) is 0 Å². The Balaban J connectivity index is 2.12. The fourth-order valence-electron chi connectivity index (χ4n) is 3.04. The molecule has 0 radical (unpaired) electrons. The summed E-state index contributed by atoms with van der Waals surface area (Å²) in [5.41, 5.74) is 5.23. The summed E-state index contributed by atoms with van der Waals surface area (Å²) < 4.78 is 1.65. The van der Waals surface area contributed by atoms with E-state index in [0.717, 1.165) is 5.69 Å². The van der Waals surface area contributed by atoms with Crippen LogP contribution < -0.4 is 5.43 Å². The Morgan fingerprint density at radius 3 is 2.68 bits per heavy atom. The van der Waals surface area contributed by atoms with Gasteiger partial charge in [0.25, 0.3) is 0 Å². The second-order valence-electron chi connectivity index (χ2n) is 6.27. The number of fused-ring (bicyclic) bond motifs is 1. The van der Waals surface area contributed by atoms with Gasteiger partial charge < -0.3 is 10.2 Å². The van der Waals surface area contributed by atoms with Crippen LogP contribution in [-0.4, -0.2) is 33.0 Å². The minimum Gasteiger partial charge on any atom is -0.494 e. The molecule has 3 aromatic rings. The van der Waals surface area contributed by atoms with Crippen LogP contribution in [0.3, 0.4) is 0 Å². The van der Waals surface area contributed by atoms with Crippen molar-refractivity contribution in [2.24, 2.45) is 5.10 Å². The number of aliphatic hydroxyl groups is 1. The number of hydrazone groups is 1. The SMILES string of the molecule is C/C(=N\NC(=O)CCCO)c1c(O)n(-c2ccccc2)c2cc(C#N)ccc12. The molecule has 142 valence electrons. The van der Waals surface area contributed by atoms with Crippen molar-refractivity contribution in [3.05, 3.63) is 59.7 Å². The Kier molecular flexibility index (Phi) is 5.72. The summed E-state index contributed by atoms with van der Waals surface area (Å²) in [6, 6.07) is 16.6. The van der Waals surface area contributed by atoms with Crippen LogP contribution in [0, 0.1) is 11.3 Å². The van der Waals surface area contributed by atoms with E-state index in [9.17, 15) is 15.2 Å². The Bertz CT molecular complexity index is 1080. The molecule has 0 aliphatic rings. The predicted octanol–water partition coefficient (Wildman–Crippen LogP) is 2.82. The number of carbonyl (C=O) groups excluding carboxylic acids is 1. The molecule has 28 heavy (non-hydrogen) atoms. The maximum absolute atomic E-state index is 11.8. The van der Waals surface area contributed by atoms with Crippen LogP contribution in [0.5, 0.6) is 5.88 Å². The molecule has 0 fully saturated rings. The largest absolute Gasteiger partial charge is 0.494 e. The highest BCUT2D eigenvalue weighted by atomic mass is 16.3. The molecule has 0 bridgehead atoms. The van der Waals surface area contributed by atoms with E-state index < -0.39 is 0 Å². The Hall–Kier alpha value is -3.63. The van der Waals surface area contributed by atoms with Crippen molar-refractivity contribution in [2.75, 3.05) is 6.61 Å². The van der Waals surface area contributed by atoms with Crippen molar-refractivity contribution in [1.82, 2.24) is 9.99 Å². The number of nitriles is 1. The number of rotatable bonds is 6. The molecular weight excluding hydrogens is 356 g/mol. The molecular formula is C21H20N4O3. The Morgan fingerprint density at radius 2 is 2.00 bits per heavy atom. The molecule has 2 aromatic carbocycles. The number of aromatic nitrogens is 1. The number of nitrogens with zero attached hydrogens (tertiary/aromatic N) is 3. The van der Waals surface area contributed by atoms with Gasteiger partial charge in [-0.15, -0.1) is 0 Å². The van der Waals surface area contributed by atoms with Crippen LogP contribution >= 0.6 is 0 Å². The van der Waals surface area contributed by atoms with Crippen LogP contribution in [-0.2, 0) is 4.79 Å². The number of aromatic hydroxyl groups is 1. The van der Waals surface area contributed by atoms with Crippen molar-refractivity contribution in [2.45, 2.75) is 19.8 Å². The second kappa shape index (κ2) is 8.37. The fourth-order valence-corrected chi connectivity index (χ4v) is 3.04. The van der Waals surface area contributed by atoms with Crippen LogP contribution in [0.25, 0.3) is 16.6 Å². The highest BCUT2D eigenvalue weighted by Gasteiger charge is 2.20. The zero-order valence-electron chi connectivity index (χ0n) is 15.4. The van der Waals surface area contributed by atoms with E-state index in [1.807, 2.05) is 30.3 Å². The third kappa shape index (κ3) is 3.72. The van der Waals surface area contributed by atoms with E-state index in [0.29, 0.717) is 34.2 Å². The maximum atomic E-state index is 11.8. The van der Waals surface area contributed by atoms with E-state index in [-0.39, 0.29) is 24.8 Å². The summed E-state index contributed by atoms with van der Waals surface area (Å²) in [5.74, 6) is -0.339.